The average Bonchev–Trinajstić information content (AvgIpc) is 3.11. The lowest BCUT2D eigenvalue weighted by atomic mass is 10.1. The van der Waals surface area contributed by atoms with Gasteiger partial charge >= 0.3 is 0 Å². The highest BCUT2D eigenvalue weighted by Crippen LogP contribution is 2.27. The molecule has 6 nitrogen and oxygen atoms in total. The fourth-order valence-corrected chi connectivity index (χ4v) is 3.63. The van der Waals surface area contributed by atoms with Crippen LogP contribution >= 0.6 is 11.7 Å². The molecule has 3 aromatic rings. The van der Waals surface area contributed by atoms with E-state index in [1.807, 2.05) is 30.3 Å². The van der Waals surface area contributed by atoms with Gasteiger partial charge in [-0.1, -0.05) is 18.2 Å². The SMILES string of the molecule is CN1CCN(c2ccccc2NC(=O)c2cccc3nsnc23)CC1. The van der Waals surface area contributed by atoms with E-state index < -0.39 is 0 Å². The second kappa shape index (κ2) is 6.78. The van der Waals surface area contributed by atoms with Crippen molar-refractivity contribution in [3.63, 3.8) is 0 Å². The number of carbonyl (C=O) groups is 1. The van der Waals surface area contributed by atoms with Crippen molar-refractivity contribution >= 4 is 40.0 Å². The van der Waals surface area contributed by atoms with E-state index in [0.717, 1.165) is 54.8 Å². The van der Waals surface area contributed by atoms with E-state index in [1.54, 1.807) is 6.07 Å². The lowest BCUT2D eigenvalue weighted by molar-refractivity contribution is 0.102. The number of hydrogen-bond donors (Lipinski definition) is 1. The molecule has 1 amide bonds. The van der Waals surface area contributed by atoms with Crippen LogP contribution in [0, 0.1) is 0 Å². The van der Waals surface area contributed by atoms with Gasteiger partial charge in [-0.3, -0.25) is 4.79 Å². The standard InChI is InChI=1S/C18H19N5OS/c1-22-9-11-23(12-10-22)16-8-3-2-6-14(16)19-18(24)13-5-4-7-15-17(13)21-25-20-15/h2-8H,9-12H2,1H3,(H,19,24). The quantitative estimate of drug-likeness (QED) is 0.784. The number of rotatable bonds is 3. The third-order valence-corrected chi connectivity index (χ3v) is 5.07. The van der Waals surface area contributed by atoms with Crippen LogP contribution in [0.15, 0.2) is 42.5 Å². The molecule has 2 aromatic carbocycles. The van der Waals surface area contributed by atoms with Crippen LogP contribution in [0.4, 0.5) is 11.4 Å². The highest BCUT2D eigenvalue weighted by atomic mass is 32.1. The van der Waals surface area contributed by atoms with Crippen LogP contribution in [0.3, 0.4) is 0 Å². The first-order chi connectivity index (χ1) is 12.2. The summed E-state index contributed by atoms with van der Waals surface area (Å²) in [5, 5.41) is 3.06. The number of nitrogens with one attached hydrogen (secondary N) is 1. The number of piperazine rings is 1. The van der Waals surface area contributed by atoms with Gasteiger partial charge in [-0.15, -0.1) is 0 Å². The van der Waals surface area contributed by atoms with Crippen molar-refractivity contribution in [2.24, 2.45) is 0 Å². The molecule has 0 aliphatic carbocycles. The molecule has 0 atom stereocenters. The maximum absolute atomic E-state index is 12.8. The second-order valence-electron chi connectivity index (χ2n) is 6.20. The van der Waals surface area contributed by atoms with Gasteiger partial charge in [-0.2, -0.15) is 8.75 Å². The van der Waals surface area contributed by atoms with E-state index in [0.29, 0.717) is 11.1 Å². The van der Waals surface area contributed by atoms with E-state index >= 15 is 0 Å². The van der Waals surface area contributed by atoms with Crippen LogP contribution in [0.5, 0.6) is 0 Å². The molecular formula is C18H19N5OS. The highest BCUT2D eigenvalue weighted by Gasteiger charge is 2.19. The Kier molecular flexibility index (Phi) is 4.33. The number of aromatic nitrogens is 2. The van der Waals surface area contributed by atoms with Gasteiger partial charge in [0.25, 0.3) is 5.91 Å². The molecule has 1 saturated heterocycles. The molecular weight excluding hydrogens is 334 g/mol. The summed E-state index contributed by atoms with van der Waals surface area (Å²) >= 11 is 1.12. The minimum Gasteiger partial charge on any atom is -0.367 e. The molecule has 1 aliphatic rings. The molecule has 0 saturated carbocycles. The molecule has 2 heterocycles. The monoisotopic (exact) mass is 353 g/mol. The molecule has 7 heteroatoms. The van der Waals surface area contributed by atoms with Gasteiger partial charge in [0.2, 0.25) is 0 Å². The summed E-state index contributed by atoms with van der Waals surface area (Å²) in [5.41, 5.74) is 3.86. The molecule has 0 spiro atoms. The Morgan fingerprint density at radius 2 is 1.84 bits per heavy atom. The molecule has 1 N–H and O–H groups in total. The number of nitrogens with zero attached hydrogens (tertiary/aromatic N) is 4. The maximum atomic E-state index is 12.8. The minimum absolute atomic E-state index is 0.153. The topological polar surface area (TPSA) is 61.4 Å². The Morgan fingerprint density at radius 3 is 2.68 bits per heavy atom. The van der Waals surface area contributed by atoms with Crippen molar-refractivity contribution in [1.82, 2.24) is 13.6 Å². The molecule has 4 rings (SSSR count). The van der Waals surface area contributed by atoms with Gasteiger partial charge in [0.1, 0.15) is 11.0 Å². The molecule has 128 valence electrons. The van der Waals surface area contributed by atoms with Gasteiger partial charge < -0.3 is 15.1 Å². The molecule has 25 heavy (non-hydrogen) atoms. The molecule has 1 aromatic heterocycles. The summed E-state index contributed by atoms with van der Waals surface area (Å²) in [5.74, 6) is -0.153. The second-order valence-corrected chi connectivity index (χ2v) is 6.73. The van der Waals surface area contributed by atoms with Crippen molar-refractivity contribution in [3.8, 4) is 0 Å². The van der Waals surface area contributed by atoms with Crippen LogP contribution in [-0.2, 0) is 0 Å². The molecule has 0 bridgehead atoms. The van der Waals surface area contributed by atoms with Gasteiger partial charge in [-0.05, 0) is 31.3 Å². The van der Waals surface area contributed by atoms with E-state index in [1.165, 1.54) is 0 Å². The van der Waals surface area contributed by atoms with E-state index in [2.05, 4.69) is 37.0 Å². The number of amides is 1. The van der Waals surface area contributed by atoms with Crippen molar-refractivity contribution < 1.29 is 4.79 Å². The first-order valence-electron chi connectivity index (χ1n) is 8.27. The Labute approximate surface area is 150 Å². The summed E-state index contributed by atoms with van der Waals surface area (Å²) in [6, 6.07) is 13.5. The van der Waals surface area contributed by atoms with E-state index in [-0.39, 0.29) is 5.91 Å². The summed E-state index contributed by atoms with van der Waals surface area (Å²) in [7, 11) is 2.13. The first-order valence-corrected chi connectivity index (χ1v) is 9.00. The Balaban J connectivity index is 1.61. The fraction of sp³-hybridized carbons (Fsp3) is 0.278. The normalized spacial score (nSPS) is 15.5. The number of carbonyl (C=O) groups excluding carboxylic acids is 1. The lowest BCUT2D eigenvalue weighted by Gasteiger charge is -2.35. The van der Waals surface area contributed by atoms with Crippen molar-refractivity contribution in [2.45, 2.75) is 0 Å². The van der Waals surface area contributed by atoms with Crippen LogP contribution < -0.4 is 10.2 Å². The van der Waals surface area contributed by atoms with Crippen molar-refractivity contribution in [2.75, 3.05) is 43.4 Å². The molecule has 1 aliphatic heterocycles. The van der Waals surface area contributed by atoms with E-state index in [4.69, 9.17) is 0 Å². The molecule has 0 radical (unpaired) electrons. The smallest absolute Gasteiger partial charge is 0.258 e. The van der Waals surface area contributed by atoms with Gasteiger partial charge in [0, 0.05) is 26.2 Å². The molecule has 0 unspecified atom stereocenters. The highest BCUT2D eigenvalue weighted by molar-refractivity contribution is 7.00. The van der Waals surface area contributed by atoms with Crippen molar-refractivity contribution in [3.05, 3.63) is 48.0 Å². The predicted molar refractivity (Wildman–Crippen MR) is 102 cm³/mol. The molecule has 1 fully saturated rings. The lowest BCUT2D eigenvalue weighted by Crippen LogP contribution is -2.44. The summed E-state index contributed by atoms with van der Waals surface area (Å²) in [6.45, 7) is 3.95. The summed E-state index contributed by atoms with van der Waals surface area (Å²) < 4.78 is 8.46. The van der Waals surface area contributed by atoms with Gasteiger partial charge in [-0.25, -0.2) is 0 Å². The third kappa shape index (κ3) is 3.20. The van der Waals surface area contributed by atoms with Crippen LogP contribution in [0.2, 0.25) is 0 Å². The number of likely N-dealkylation sites (N-methyl/N-ethyl adjacent to an activating group) is 1. The number of para-hydroxylation sites is 2. The number of anilines is 2. The minimum atomic E-state index is -0.153. The number of fused-ring (bicyclic) bond motifs is 1. The van der Waals surface area contributed by atoms with E-state index in [9.17, 15) is 4.79 Å². The van der Waals surface area contributed by atoms with Crippen LogP contribution in [-0.4, -0.2) is 52.8 Å². The maximum Gasteiger partial charge on any atom is 0.258 e. The predicted octanol–water partition coefficient (Wildman–Crippen LogP) is 2.70. The zero-order chi connectivity index (χ0) is 17.2. The zero-order valence-electron chi connectivity index (χ0n) is 14.0. The third-order valence-electron chi connectivity index (χ3n) is 4.53. The average molecular weight is 353 g/mol. The number of benzene rings is 2. The first kappa shape index (κ1) is 16.0. The summed E-state index contributed by atoms with van der Waals surface area (Å²) in [4.78, 5) is 17.4. The zero-order valence-corrected chi connectivity index (χ0v) is 14.8. The van der Waals surface area contributed by atoms with Gasteiger partial charge in [0.05, 0.1) is 28.7 Å². The number of hydrogen-bond acceptors (Lipinski definition) is 6. The van der Waals surface area contributed by atoms with Gasteiger partial charge in [0.15, 0.2) is 0 Å². The van der Waals surface area contributed by atoms with Crippen LogP contribution in [0.1, 0.15) is 10.4 Å². The Hall–Kier alpha value is -2.51. The van der Waals surface area contributed by atoms with Crippen molar-refractivity contribution in [1.29, 1.82) is 0 Å². The largest absolute Gasteiger partial charge is 0.367 e. The fourth-order valence-electron chi connectivity index (χ4n) is 3.08. The Morgan fingerprint density at radius 1 is 1.04 bits per heavy atom. The summed E-state index contributed by atoms with van der Waals surface area (Å²) in [6.07, 6.45) is 0. The Bertz CT molecular complexity index is 901. The van der Waals surface area contributed by atoms with Crippen LogP contribution in [0.25, 0.3) is 11.0 Å².